The highest BCUT2D eigenvalue weighted by Gasteiger charge is 2.11. The minimum Gasteiger partial charge on any atom is -0.488 e. The summed E-state index contributed by atoms with van der Waals surface area (Å²) < 4.78 is 9.94. The van der Waals surface area contributed by atoms with Crippen LogP contribution in [0.5, 0.6) is 5.75 Å². The topological polar surface area (TPSA) is 78.7 Å². The summed E-state index contributed by atoms with van der Waals surface area (Å²) in [4.78, 5) is 21.5. The number of nitro benzene ring substituents is 1. The molecule has 0 saturated carbocycles. The van der Waals surface area contributed by atoms with Crippen LogP contribution in [0.1, 0.15) is 13.3 Å². The molecule has 1 aromatic rings. The van der Waals surface area contributed by atoms with Crippen molar-refractivity contribution < 1.29 is 19.2 Å². The Morgan fingerprint density at radius 2 is 2.20 bits per heavy atom. The number of non-ortho nitro benzene ring substituents is 1. The summed E-state index contributed by atoms with van der Waals surface area (Å²) in [6.45, 7) is 1.88. The summed E-state index contributed by atoms with van der Waals surface area (Å²) in [7, 11) is 1.30. The smallest absolute Gasteiger partial charge is 0.333 e. The average molecular weight is 300 g/mol. The second-order valence-corrected chi connectivity index (χ2v) is 4.16. The third-order valence-electron chi connectivity index (χ3n) is 2.52. The second kappa shape index (κ2) is 7.49. The Bertz CT molecular complexity index is 542. The van der Waals surface area contributed by atoms with E-state index in [0.29, 0.717) is 12.0 Å². The van der Waals surface area contributed by atoms with Crippen molar-refractivity contribution >= 4 is 23.3 Å². The van der Waals surface area contributed by atoms with E-state index in [1.807, 2.05) is 6.92 Å². The minimum absolute atomic E-state index is 0.0686. The van der Waals surface area contributed by atoms with Crippen LogP contribution in [-0.2, 0) is 9.53 Å². The molecule has 1 aromatic carbocycles. The molecule has 6 nitrogen and oxygen atoms in total. The summed E-state index contributed by atoms with van der Waals surface area (Å²) in [6.07, 6.45) is 2.06. The van der Waals surface area contributed by atoms with E-state index >= 15 is 0 Å². The predicted octanol–water partition coefficient (Wildman–Crippen LogP) is 3.14. The Labute approximate surface area is 121 Å². The van der Waals surface area contributed by atoms with Crippen molar-refractivity contribution in [3.05, 3.63) is 45.0 Å². The number of ether oxygens (including phenoxy) is 2. The van der Waals surface area contributed by atoms with E-state index in [4.69, 9.17) is 16.3 Å². The van der Waals surface area contributed by atoms with Gasteiger partial charge in [-0.2, -0.15) is 0 Å². The van der Waals surface area contributed by atoms with Crippen molar-refractivity contribution in [2.75, 3.05) is 13.7 Å². The van der Waals surface area contributed by atoms with Gasteiger partial charge in [-0.1, -0.05) is 18.5 Å². The second-order valence-electron chi connectivity index (χ2n) is 3.76. The van der Waals surface area contributed by atoms with Gasteiger partial charge in [0, 0.05) is 11.6 Å². The van der Waals surface area contributed by atoms with Crippen LogP contribution < -0.4 is 4.74 Å². The molecule has 0 unspecified atom stereocenters. The molecule has 0 radical (unpaired) electrons. The van der Waals surface area contributed by atoms with Crippen LogP contribution >= 0.6 is 11.6 Å². The van der Waals surface area contributed by atoms with E-state index in [-0.39, 0.29) is 23.1 Å². The normalized spacial score (nSPS) is 11.1. The van der Waals surface area contributed by atoms with Gasteiger partial charge in [-0.25, -0.2) is 4.79 Å². The summed E-state index contributed by atoms with van der Waals surface area (Å²) in [5, 5.41) is 10.9. The number of carbonyl (C=O) groups excluding carboxylic acids is 1. The maximum absolute atomic E-state index is 11.3. The number of hydrogen-bond acceptors (Lipinski definition) is 5. The van der Waals surface area contributed by atoms with Gasteiger partial charge in [0.05, 0.1) is 23.1 Å². The molecule has 0 spiro atoms. The van der Waals surface area contributed by atoms with E-state index in [0.717, 1.165) is 0 Å². The van der Waals surface area contributed by atoms with E-state index in [1.54, 1.807) is 6.08 Å². The summed E-state index contributed by atoms with van der Waals surface area (Å²) in [5.41, 5.74) is 0.353. The quantitative estimate of drug-likeness (QED) is 0.349. The number of carbonyl (C=O) groups is 1. The molecule has 0 fully saturated rings. The highest BCUT2D eigenvalue weighted by molar-refractivity contribution is 6.32. The fourth-order valence-electron chi connectivity index (χ4n) is 1.45. The number of methoxy groups -OCH3 is 1. The van der Waals surface area contributed by atoms with Gasteiger partial charge in [-0.3, -0.25) is 10.1 Å². The molecular formula is C13H14ClNO5. The molecule has 0 aliphatic carbocycles. The van der Waals surface area contributed by atoms with Gasteiger partial charge in [-0.05, 0) is 18.6 Å². The molecule has 7 heteroatoms. The number of halogens is 1. The molecule has 0 bridgehead atoms. The molecule has 0 atom stereocenters. The largest absolute Gasteiger partial charge is 0.488 e. The fourth-order valence-corrected chi connectivity index (χ4v) is 1.62. The number of nitro groups is 1. The molecular weight excluding hydrogens is 286 g/mol. The molecule has 0 aromatic heterocycles. The van der Waals surface area contributed by atoms with Gasteiger partial charge >= 0.3 is 5.97 Å². The van der Waals surface area contributed by atoms with Gasteiger partial charge in [0.25, 0.3) is 5.69 Å². The van der Waals surface area contributed by atoms with Crippen LogP contribution in [-0.4, -0.2) is 24.6 Å². The minimum atomic E-state index is -0.537. The first-order valence-corrected chi connectivity index (χ1v) is 6.21. The first-order chi connectivity index (χ1) is 9.49. The zero-order valence-corrected chi connectivity index (χ0v) is 11.8. The van der Waals surface area contributed by atoms with E-state index < -0.39 is 10.9 Å². The molecule has 20 heavy (non-hydrogen) atoms. The van der Waals surface area contributed by atoms with E-state index in [2.05, 4.69) is 4.74 Å². The van der Waals surface area contributed by atoms with Gasteiger partial charge in [-0.15, -0.1) is 0 Å². The van der Waals surface area contributed by atoms with Crippen molar-refractivity contribution in [1.82, 2.24) is 0 Å². The zero-order chi connectivity index (χ0) is 15.1. The Hall–Kier alpha value is -2.08. The van der Waals surface area contributed by atoms with Crippen molar-refractivity contribution in [3.63, 3.8) is 0 Å². The van der Waals surface area contributed by atoms with Crippen molar-refractivity contribution in [3.8, 4) is 5.75 Å². The Balaban J connectivity index is 2.79. The number of esters is 1. The van der Waals surface area contributed by atoms with Crippen molar-refractivity contribution in [2.45, 2.75) is 13.3 Å². The highest BCUT2D eigenvalue weighted by Crippen LogP contribution is 2.28. The standard InChI is InChI=1S/C13H14ClNO5/c1-3-9(13(16)19-2)6-7-20-12-8-10(15(17)18)4-5-11(12)14/h4-6,8H,3,7H2,1-2H3. The van der Waals surface area contributed by atoms with Crippen molar-refractivity contribution in [2.24, 2.45) is 0 Å². The third kappa shape index (κ3) is 4.24. The van der Waals surface area contributed by atoms with Crippen LogP contribution in [0.4, 0.5) is 5.69 Å². The summed E-state index contributed by atoms with van der Waals surface area (Å²) in [6, 6.07) is 3.91. The number of nitrogens with zero attached hydrogens (tertiary/aromatic N) is 1. The highest BCUT2D eigenvalue weighted by atomic mass is 35.5. The zero-order valence-electron chi connectivity index (χ0n) is 11.1. The maximum atomic E-state index is 11.3. The SMILES string of the molecule is CCC(=CCOc1cc([N+](=O)[O-])ccc1Cl)C(=O)OC. The molecule has 0 heterocycles. The predicted molar refractivity (Wildman–Crippen MR) is 74.0 cm³/mol. The number of hydrogen-bond donors (Lipinski definition) is 0. The lowest BCUT2D eigenvalue weighted by Crippen LogP contribution is -2.06. The Morgan fingerprint density at radius 3 is 2.75 bits per heavy atom. The van der Waals surface area contributed by atoms with Gasteiger partial charge < -0.3 is 9.47 Å². The van der Waals surface area contributed by atoms with Crippen LogP contribution in [0.25, 0.3) is 0 Å². The lowest BCUT2D eigenvalue weighted by Gasteiger charge is -2.07. The van der Waals surface area contributed by atoms with E-state index in [1.165, 1.54) is 25.3 Å². The number of benzene rings is 1. The van der Waals surface area contributed by atoms with Crippen molar-refractivity contribution in [1.29, 1.82) is 0 Å². The first kappa shape index (κ1) is 16.0. The van der Waals surface area contributed by atoms with Crippen LogP contribution in [0.3, 0.4) is 0 Å². The lowest BCUT2D eigenvalue weighted by molar-refractivity contribution is -0.384. The van der Waals surface area contributed by atoms with Gasteiger partial charge in [0.15, 0.2) is 0 Å². The average Bonchev–Trinajstić information content (AvgIpc) is 2.44. The molecule has 1 rings (SSSR count). The number of rotatable bonds is 6. The monoisotopic (exact) mass is 299 g/mol. The first-order valence-electron chi connectivity index (χ1n) is 5.83. The van der Waals surface area contributed by atoms with Crippen LogP contribution in [0, 0.1) is 10.1 Å². The Kier molecular flexibility index (Phi) is 5.99. The molecule has 0 N–H and O–H groups in total. The molecule has 0 aliphatic heterocycles. The molecule has 108 valence electrons. The summed E-state index contributed by atoms with van der Waals surface area (Å²) >= 11 is 5.88. The lowest BCUT2D eigenvalue weighted by atomic mass is 10.2. The third-order valence-corrected chi connectivity index (χ3v) is 2.83. The maximum Gasteiger partial charge on any atom is 0.333 e. The Morgan fingerprint density at radius 1 is 1.50 bits per heavy atom. The van der Waals surface area contributed by atoms with E-state index in [9.17, 15) is 14.9 Å². The molecule has 0 amide bonds. The van der Waals surface area contributed by atoms with Crippen LogP contribution in [0.2, 0.25) is 5.02 Å². The van der Waals surface area contributed by atoms with Gasteiger partial charge in [0.1, 0.15) is 12.4 Å². The molecule has 0 aliphatic rings. The van der Waals surface area contributed by atoms with Crippen LogP contribution in [0.15, 0.2) is 29.8 Å². The van der Waals surface area contributed by atoms with Gasteiger partial charge in [0.2, 0.25) is 0 Å². The molecule has 0 saturated heterocycles. The fraction of sp³-hybridized carbons (Fsp3) is 0.308. The summed E-state index contributed by atoms with van der Waals surface area (Å²) in [5.74, 6) is -0.237.